The fourth-order valence-corrected chi connectivity index (χ4v) is 3.58. The summed E-state index contributed by atoms with van der Waals surface area (Å²) in [5.41, 5.74) is 3.01. The molecule has 1 aliphatic rings. The van der Waals surface area contributed by atoms with Crippen molar-refractivity contribution in [1.82, 2.24) is 0 Å². The van der Waals surface area contributed by atoms with Crippen LogP contribution in [0.5, 0.6) is 0 Å². The molecule has 1 aliphatic carbocycles. The van der Waals surface area contributed by atoms with Crippen molar-refractivity contribution < 1.29 is 9.72 Å². The van der Waals surface area contributed by atoms with Gasteiger partial charge in [0, 0.05) is 28.2 Å². The molecule has 134 valence electrons. The van der Waals surface area contributed by atoms with Crippen LogP contribution in [0, 0.1) is 16.0 Å². The van der Waals surface area contributed by atoms with E-state index in [0.29, 0.717) is 6.42 Å². The maximum atomic E-state index is 12.9. The highest BCUT2D eigenvalue weighted by molar-refractivity contribution is 9.10. The zero-order chi connectivity index (χ0) is 18.7. The van der Waals surface area contributed by atoms with Crippen molar-refractivity contribution in [3.8, 4) is 0 Å². The van der Waals surface area contributed by atoms with Gasteiger partial charge in [0.15, 0.2) is 0 Å². The van der Waals surface area contributed by atoms with Gasteiger partial charge in [-0.1, -0.05) is 39.7 Å². The summed E-state index contributed by atoms with van der Waals surface area (Å²) in [5.74, 6) is -0.223. The number of benzene rings is 2. The molecular formula is C20H19BrN2O3. The number of allylic oxidation sites excluding steroid dienone is 2. The summed E-state index contributed by atoms with van der Waals surface area (Å²) in [6, 6.07) is 14.0. The number of hydrogen-bond acceptors (Lipinski definition) is 3. The first-order valence-electron chi connectivity index (χ1n) is 8.40. The van der Waals surface area contributed by atoms with Gasteiger partial charge in [-0.2, -0.15) is 0 Å². The Morgan fingerprint density at radius 3 is 2.42 bits per heavy atom. The van der Waals surface area contributed by atoms with Gasteiger partial charge in [-0.05, 0) is 55.5 Å². The Bertz CT molecular complexity index is 844. The molecule has 0 radical (unpaired) electrons. The van der Waals surface area contributed by atoms with Crippen molar-refractivity contribution >= 4 is 33.2 Å². The number of non-ortho nitro benzene ring substituents is 1. The highest BCUT2D eigenvalue weighted by Crippen LogP contribution is 2.38. The molecule has 1 N–H and O–H groups in total. The lowest BCUT2D eigenvalue weighted by Gasteiger charge is -2.30. The largest absolute Gasteiger partial charge is 0.326 e. The number of rotatable bonds is 4. The Balaban J connectivity index is 1.82. The molecule has 0 heterocycles. The average Bonchev–Trinajstić information content (AvgIpc) is 2.63. The second-order valence-electron chi connectivity index (χ2n) is 6.55. The molecule has 2 aromatic carbocycles. The number of nitrogens with zero attached hydrogens (tertiary/aromatic N) is 1. The zero-order valence-corrected chi connectivity index (χ0v) is 15.9. The number of nitro benzene ring substituents is 1. The molecule has 2 aromatic rings. The summed E-state index contributed by atoms with van der Waals surface area (Å²) >= 11 is 3.38. The van der Waals surface area contributed by atoms with Crippen LogP contribution in [-0.4, -0.2) is 10.8 Å². The second-order valence-corrected chi connectivity index (χ2v) is 7.46. The van der Waals surface area contributed by atoms with Crippen LogP contribution in [0.1, 0.15) is 31.2 Å². The Labute approximate surface area is 160 Å². The number of nitrogens with one attached hydrogen (secondary N) is 1. The van der Waals surface area contributed by atoms with Crippen molar-refractivity contribution in [2.45, 2.75) is 25.7 Å². The summed E-state index contributed by atoms with van der Waals surface area (Å²) < 4.78 is 0.954. The molecule has 0 aromatic heterocycles. The fraction of sp³-hybridized carbons (Fsp3) is 0.250. The Hall–Kier alpha value is -2.47. The zero-order valence-electron chi connectivity index (χ0n) is 14.3. The predicted octanol–water partition coefficient (Wildman–Crippen LogP) is 5.44. The third kappa shape index (κ3) is 4.19. The molecule has 0 bridgehead atoms. The van der Waals surface area contributed by atoms with E-state index in [1.54, 1.807) is 12.1 Å². The quantitative estimate of drug-likeness (QED) is 0.411. The number of hydrogen-bond donors (Lipinski definition) is 1. The van der Waals surface area contributed by atoms with Gasteiger partial charge in [0.1, 0.15) is 0 Å². The fourth-order valence-electron chi connectivity index (χ4n) is 3.32. The lowest BCUT2D eigenvalue weighted by molar-refractivity contribution is -0.384. The Morgan fingerprint density at radius 1 is 1.15 bits per heavy atom. The van der Waals surface area contributed by atoms with Crippen LogP contribution in [0.25, 0.3) is 0 Å². The first-order valence-corrected chi connectivity index (χ1v) is 9.20. The van der Waals surface area contributed by atoms with Gasteiger partial charge in [0.2, 0.25) is 5.91 Å². The van der Waals surface area contributed by atoms with Gasteiger partial charge in [0.25, 0.3) is 5.69 Å². The predicted molar refractivity (Wildman–Crippen MR) is 105 cm³/mol. The number of nitro groups is 1. The average molecular weight is 415 g/mol. The van der Waals surface area contributed by atoms with Gasteiger partial charge >= 0.3 is 0 Å². The molecule has 6 heteroatoms. The number of amides is 1. The summed E-state index contributed by atoms with van der Waals surface area (Å²) in [4.78, 5) is 23.3. The van der Waals surface area contributed by atoms with Crippen molar-refractivity contribution in [2.75, 3.05) is 5.32 Å². The van der Waals surface area contributed by atoms with Crippen LogP contribution in [0.15, 0.2) is 64.7 Å². The topological polar surface area (TPSA) is 72.2 Å². The molecule has 0 aliphatic heterocycles. The summed E-state index contributed by atoms with van der Waals surface area (Å²) in [6.45, 7) is 2.06. The van der Waals surface area contributed by atoms with Crippen LogP contribution in [0.4, 0.5) is 11.4 Å². The summed E-state index contributed by atoms with van der Waals surface area (Å²) in [7, 11) is 0. The van der Waals surface area contributed by atoms with E-state index in [-0.39, 0.29) is 23.4 Å². The number of carbonyl (C=O) groups excluding carboxylic acids is 1. The second kappa shape index (κ2) is 7.83. The van der Waals surface area contributed by atoms with E-state index in [9.17, 15) is 14.9 Å². The smallest absolute Gasteiger partial charge is 0.269 e. The van der Waals surface area contributed by atoms with Gasteiger partial charge < -0.3 is 5.32 Å². The maximum Gasteiger partial charge on any atom is 0.269 e. The van der Waals surface area contributed by atoms with Crippen LogP contribution in [0.3, 0.4) is 0 Å². The number of halogens is 1. The third-order valence-electron chi connectivity index (χ3n) is 4.73. The minimum Gasteiger partial charge on any atom is -0.326 e. The van der Waals surface area contributed by atoms with E-state index in [1.165, 1.54) is 17.7 Å². The highest BCUT2D eigenvalue weighted by atomic mass is 79.9. The normalized spacial score (nSPS) is 19.5. The molecule has 0 fully saturated rings. The highest BCUT2D eigenvalue weighted by Gasteiger charge is 2.32. The van der Waals surface area contributed by atoms with Gasteiger partial charge in [-0.25, -0.2) is 0 Å². The van der Waals surface area contributed by atoms with E-state index in [4.69, 9.17) is 0 Å². The van der Waals surface area contributed by atoms with Crippen LogP contribution >= 0.6 is 15.9 Å². The monoisotopic (exact) mass is 414 g/mol. The standard InChI is InChI=1S/C20H19BrN2O3/c1-13-2-11-18(20(24)22-16-7-5-15(21)6-8-16)19(12-13)14-3-9-17(10-4-14)23(25)26/h2-10,18-19H,11-12H2,1H3,(H,22,24)/t18-,19+/m1/s1. The molecule has 0 spiro atoms. The molecule has 26 heavy (non-hydrogen) atoms. The minimum absolute atomic E-state index is 0.0104. The molecule has 3 rings (SSSR count). The number of carbonyl (C=O) groups is 1. The SMILES string of the molecule is CC1=CC[C@@H](C(=O)Nc2ccc(Br)cc2)[C@H](c2ccc([N+](=O)[O-])cc2)C1. The number of anilines is 1. The van der Waals surface area contributed by atoms with E-state index in [0.717, 1.165) is 22.1 Å². The third-order valence-corrected chi connectivity index (χ3v) is 5.26. The van der Waals surface area contributed by atoms with E-state index >= 15 is 0 Å². The van der Waals surface area contributed by atoms with Gasteiger partial charge in [-0.15, -0.1) is 0 Å². The van der Waals surface area contributed by atoms with E-state index in [1.807, 2.05) is 24.3 Å². The van der Waals surface area contributed by atoms with Crippen molar-refractivity contribution in [1.29, 1.82) is 0 Å². The molecule has 0 unspecified atom stereocenters. The van der Waals surface area contributed by atoms with Crippen LogP contribution < -0.4 is 5.32 Å². The van der Waals surface area contributed by atoms with Crippen molar-refractivity contribution in [2.24, 2.45) is 5.92 Å². The van der Waals surface area contributed by atoms with E-state index in [2.05, 4.69) is 34.2 Å². The molecule has 1 amide bonds. The van der Waals surface area contributed by atoms with Gasteiger partial charge in [-0.3, -0.25) is 14.9 Å². The molecular weight excluding hydrogens is 396 g/mol. The molecule has 2 atom stereocenters. The van der Waals surface area contributed by atoms with Crippen LogP contribution in [0.2, 0.25) is 0 Å². The Morgan fingerprint density at radius 2 is 1.81 bits per heavy atom. The molecule has 0 saturated heterocycles. The maximum absolute atomic E-state index is 12.9. The molecule has 0 saturated carbocycles. The first kappa shape index (κ1) is 18.3. The molecule has 5 nitrogen and oxygen atoms in total. The van der Waals surface area contributed by atoms with Crippen LogP contribution in [-0.2, 0) is 4.79 Å². The van der Waals surface area contributed by atoms with Crippen molar-refractivity contribution in [3.63, 3.8) is 0 Å². The Kier molecular flexibility index (Phi) is 5.52. The first-order chi connectivity index (χ1) is 12.4. The van der Waals surface area contributed by atoms with Crippen molar-refractivity contribution in [3.05, 3.63) is 80.3 Å². The van der Waals surface area contributed by atoms with Gasteiger partial charge in [0.05, 0.1) is 4.92 Å². The lowest BCUT2D eigenvalue weighted by Crippen LogP contribution is -2.30. The summed E-state index contributed by atoms with van der Waals surface area (Å²) in [6.07, 6.45) is 3.54. The lowest BCUT2D eigenvalue weighted by atomic mass is 9.75. The van der Waals surface area contributed by atoms with E-state index < -0.39 is 4.92 Å². The minimum atomic E-state index is -0.409. The summed E-state index contributed by atoms with van der Waals surface area (Å²) in [5, 5.41) is 13.9.